The molecule has 7 heteroatoms. The Bertz CT molecular complexity index is 348. The van der Waals surface area contributed by atoms with Crippen LogP contribution in [0.5, 0.6) is 11.6 Å². The van der Waals surface area contributed by atoms with Crippen LogP contribution in [0.25, 0.3) is 0 Å². The monoisotopic (exact) mass is 242 g/mol. The molecule has 0 aromatic carbocycles. The zero-order valence-corrected chi connectivity index (χ0v) is 10.3. The second-order valence-electron chi connectivity index (χ2n) is 3.29. The normalized spacial score (nSPS) is 12.0. The maximum Gasteiger partial charge on any atom is 0.262 e. The summed E-state index contributed by atoms with van der Waals surface area (Å²) < 4.78 is 16.0. The highest BCUT2D eigenvalue weighted by molar-refractivity contribution is 5.54. The first-order chi connectivity index (χ1) is 8.22. The molecular formula is C10H18N4O3. The smallest absolute Gasteiger partial charge is 0.262 e. The number of nitrogens with one attached hydrogen (secondary N) is 1. The van der Waals surface area contributed by atoms with E-state index < -0.39 is 0 Å². The van der Waals surface area contributed by atoms with Gasteiger partial charge in [0.15, 0.2) is 5.82 Å². The van der Waals surface area contributed by atoms with Gasteiger partial charge in [0.2, 0.25) is 5.75 Å². The molecule has 1 aromatic rings. The van der Waals surface area contributed by atoms with Crippen molar-refractivity contribution in [2.24, 2.45) is 5.84 Å². The first-order valence-corrected chi connectivity index (χ1v) is 5.32. The van der Waals surface area contributed by atoms with Crippen LogP contribution < -0.4 is 20.7 Å². The number of nitrogens with two attached hydrogens (primary N) is 1. The quantitative estimate of drug-likeness (QED) is 0.533. The molecule has 1 atom stereocenters. The second kappa shape index (κ2) is 6.87. The number of ether oxygens (including phenoxy) is 3. The van der Waals surface area contributed by atoms with Crippen molar-refractivity contribution in [3.63, 3.8) is 0 Å². The molecule has 0 saturated heterocycles. The van der Waals surface area contributed by atoms with Crippen LogP contribution in [0.2, 0.25) is 0 Å². The summed E-state index contributed by atoms with van der Waals surface area (Å²) in [5, 5.41) is 0. The van der Waals surface area contributed by atoms with Crippen molar-refractivity contribution >= 4 is 5.82 Å². The van der Waals surface area contributed by atoms with Gasteiger partial charge in [0.05, 0.1) is 13.7 Å². The van der Waals surface area contributed by atoms with E-state index in [-0.39, 0.29) is 6.10 Å². The molecule has 1 heterocycles. The highest BCUT2D eigenvalue weighted by Gasteiger charge is 2.15. The summed E-state index contributed by atoms with van der Waals surface area (Å²) in [6.07, 6.45) is 1.21. The number of aromatic nitrogens is 2. The molecule has 17 heavy (non-hydrogen) atoms. The average Bonchev–Trinajstić information content (AvgIpc) is 2.35. The Kier molecular flexibility index (Phi) is 5.44. The summed E-state index contributed by atoms with van der Waals surface area (Å²) >= 11 is 0. The van der Waals surface area contributed by atoms with Crippen molar-refractivity contribution in [1.29, 1.82) is 0 Å². The van der Waals surface area contributed by atoms with Crippen LogP contribution in [0.3, 0.4) is 0 Å². The predicted octanol–water partition coefficient (Wildman–Crippen LogP) is 0.575. The molecule has 0 radical (unpaired) electrons. The van der Waals surface area contributed by atoms with Crippen LogP contribution in [0, 0.1) is 0 Å². The van der Waals surface area contributed by atoms with E-state index in [0.717, 1.165) is 0 Å². The number of nitrogens with zero attached hydrogens (tertiary/aromatic N) is 2. The van der Waals surface area contributed by atoms with Gasteiger partial charge >= 0.3 is 0 Å². The Morgan fingerprint density at radius 3 is 2.82 bits per heavy atom. The van der Waals surface area contributed by atoms with Gasteiger partial charge in [-0.25, -0.2) is 10.8 Å². The van der Waals surface area contributed by atoms with Crippen molar-refractivity contribution in [3.05, 3.63) is 6.33 Å². The largest absolute Gasteiger partial charge is 0.489 e. The third-order valence-corrected chi connectivity index (χ3v) is 1.98. The van der Waals surface area contributed by atoms with Crippen LogP contribution in [0.15, 0.2) is 6.33 Å². The highest BCUT2D eigenvalue weighted by atomic mass is 16.6. The molecule has 7 nitrogen and oxygen atoms in total. The molecular weight excluding hydrogens is 224 g/mol. The molecule has 96 valence electrons. The van der Waals surface area contributed by atoms with E-state index in [2.05, 4.69) is 15.4 Å². The summed E-state index contributed by atoms with van der Waals surface area (Å²) in [6, 6.07) is 0. The number of hydrogen-bond donors (Lipinski definition) is 2. The summed E-state index contributed by atoms with van der Waals surface area (Å²) in [5.74, 6) is 6.39. The molecule has 0 aliphatic carbocycles. The lowest BCUT2D eigenvalue weighted by molar-refractivity contribution is 0.0617. The molecule has 1 rings (SSSR count). The Balaban J connectivity index is 2.75. The minimum atomic E-state index is -0.135. The SMILES string of the molecule is CCOCC(C)Oc1ncnc(NN)c1OC. The lowest BCUT2D eigenvalue weighted by Gasteiger charge is -2.16. The fraction of sp³-hybridized carbons (Fsp3) is 0.600. The van der Waals surface area contributed by atoms with Crippen LogP contribution >= 0.6 is 0 Å². The molecule has 3 N–H and O–H groups in total. The van der Waals surface area contributed by atoms with E-state index in [0.29, 0.717) is 30.7 Å². The highest BCUT2D eigenvalue weighted by Crippen LogP contribution is 2.30. The summed E-state index contributed by atoms with van der Waals surface area (Å²) in [4.78, 5) is 7.91. The predicted molar refractivity (Wildman–Crippen MR) is 63.0 cm³/mol. The minimum absolute atomic E-state index is 0.135. The standard InChI is InChI=1S/C10H18N4O3/c1-4-16-5-7(2)17-10-8(15-3)9(14-11)12-6-13-10/h6-7H,4-5,11H2,1-3H3,(H,12,13,14). The molecule has 1 aromatic heterocycles. The van der Waals surface area contributed by atoms with E-state index in [9.17, 15) is 0 Å². The van der Waals surface area contributed by atoms with Crippen molar-refractivity contribution in [2.45, 2.75) is 20.0 Å². The van der Waals surface area contributed by atoms with Gasteiger partial charge in [-0.1, -0.05) is 0 Å². The van der Waals surface area contributed by atoms with Crippen molar-refractivity contribution in [3.8, 4) is 11.6 Å². The van der Waals surface area contributed by atoms with Gasteiger partial charge in [-0.15, -0.1) is 0 Å². The van der Waals surface area contributed by atoms with Crippen molar-refractivity contribution in [2.75, 3.05) is 25.7 Å². The zero-order chi connectivity index (χ0) is 12.7. The van der Waals surface area contributed by atoms with Crippen molar-refractivity contribution in [1.82, 2.24) is 9.97 Å². The van der Waals surface area contributed by atoms with E-state index in [4.69, 9.17) is 20.1 Å². The van der Waals surface area contributed by atoms with Gasteiger partial charge in [0.25, 0.3) is 5.88 Å². The third kappa shape index (κ3) is 3.72. The van der Waals surface area contributed by atoms with E-state index in [1.807, 2.05) is 13.8 Å². The number of hydrazine groups is 1. The molecule has 0 spiro atoms. The summed E-state index contributed by atoms with van der Waals surface area (Å²) in [6.45, 7) is 4.93. The maximum atomic E-state index is 5.58. The summed E-state index contributed by atoms with van der Waals surface area (Å²) in [5.41, 5.74) is 2.42. The van der Waals surface area contributed by atoms with Crippen LogP contribution in [0.1, 0.15) is 13.8 Å². The van der Waals surface area contributed by atoms with Crippen molar-refractivity contribution < 1.29 is 14.2 Å². The van der Waals surface area contributed by atoms with Gasteiger partial charge in [-0.3, -0.25) is 0 Å². The summed E-state index contributed by atoms with van der Waals surface area (Å²) in [7, 11) is 1.50. The Morgan fingerprint density at radius 1 is 1.47 bits per heavy atom. The molecule has 0 amide bonds. The number of hydrogen-bond acceptors (Lipinski definition) is 7. The van der Waals surface area contributed by atoms with Gasteiger partial charge in [0.1, 0.15) is 12.4 Å². The van der Waals surface area contributed by atoms with Gasteiger partial charge in [-0.05, 0) is 13.8 Å². The lowest BCUT2D eigenvalue weighted by Crippen LogP contribution is -2.20. The fourth-order valence-electron chi connectivity index (χ4n) is 1.24. The minimum Gasteiger partial charge on any atom is -0.489 e. The molecule has 0 aliphatic heterocycles. The Labute approximate surface area is 100 Å². The molecule has 1 unspecified atom stereocenters. The number of nitrogen functional groups attached to an aromatic ring is 1. The van der Waals surface area contributed by atoms with Crippen LogP contribution in [-0.2, 0) is 4.74 Å². The molecule has 0 bridgehead atoms. The maximum absolute atomic E-state index is 5.58. The van der Waals surface area contributed by atoms with Crippen LogP contribution in [-0.4, -0.2) is 36.4 Å². The fourth-order valence-corrected chi connectivity index (χ4v) is 1.24. The van der Waals surface area contributed by atoms with Gasteiger partial charge < -0.3 is 19.6 Å². The Hall–Kier alpha value is -1.60. The second-order valence-corrected chi connectivity index (χ2v) is 3.29. The van der Waals surface area contributed by atoms with Gasteiger partial charge in [0, 0.05) is 6.61 Å². The molecule has 0 fully saturated rings. The van der Waals surface area contributed by atoms with E-state index >= 15 is 0 Å². The number of anilines is 1. The zero-order valence-electron chi connectivity index (χ0n) is 10.3. The van der Waals surface area contributed by atoms with E-state index in [1.54, 1.807) is 0 Å². The topological polar surface area (TPSA) is 91.5 Å². The molecule has 0 saturated carbocycles. The van der Waals surface area contributed by atoms with Gasteiger partial charge in [-0.2, -0.15) is 4.98 Å². The third-order valence-electron chi connectivity index (χ3n) is 1.98. The first kappa shape index (κ1) is 13.5. The van der Waals surface area contributed by atoms with E-state index in [1.165, 1.54) is 13.4 Å². The first-order valence-electron chi connectivity index (χ1n) is 5.32. The average molecular weight is 242 g/mol. The number of methoxy groups -OCH3 is 1. The van der Waals surface area contributed by atoms with Crippen LogP contribution in [0.4, 0.5) is 5.82 Å². The lowest BCUT2D eigenvalue weighted by atomic mass is 10.4. The molecule has 0 aliphatic rings. The number of rotatable bonds is 7. The Morgan fingerprint density at radius 2 is 2.24 bits per heavy atom.